The molecule has 1 aromatic rings. The van der Waals surface area contributed by atoms with Gasteiger partial charge in [0.2, 0.25) is 0 Å². The first kappa shape index (κ1) is 15.5. The molecule has 0 amide bonds. The van der Waals surface area contributed by atoms with E-state index in [-0.39, 0.29) is 11.2 Å². The molecule has 20 heavy (non-hydrogen) atoms. The molecule has 0 heterocycles. The summed E-state index contributed by atoms with van der Waals surface area (Å²) < 4.78 is 26.0. The second-order valence-corrected chi connectivity index (χ2v) is 8.40. The first-order chi connectivity index (χ1) is 9.36. The van der Waals surface area contributed by atoms with Crippen molar-refractivity contribution < 1.29 is 8.42 Å². The Kier molecular flexibility index (Phi) is 4.55. The van der Waals surface area contributed by atoms with Crippen LogP contribution in [-0.2, 0) is 9.84 Å². The molecule has 0 spiro atoms. The van der Waals surface area contributed by atoms with E-state index in [0.29, 0.717) is 17.4 Å². The number of rotatable bonds is 3. The van der Waals surface area contributed by atoms with Crippen LogP contribution >= 0.6 is 0 Å². The summed E-state index contributed by atoms with van der Waals surface area (Å²) in [4.78, 5) is 0.487. The van der Waals surface area contributed by atoms with Crippen LogP contribution in [0.4, 0.5) is 0 Å². The van der Waals surface area contributed by atoms with Crippen molar-refractivity contribution in [1.29, 1.82) is 0 Å². The van der Waals surface area contributed by atoms with Crippen molar-refractivity contribution in [3.8, 4) is 0 Å². The van der Waals surface area contributed by atoms with Gasteiger partial charge < -0.3 is 5.73 Å². The van der Waals surface area contributed by atoms with E-state index in [1.807, 2.05) is 26.0 Å². The van der Waals surface area contributed by atoms with Gasteiger partial charge in [-0.05, 0) is 56.7 Å². The number of benzene rings is 1. The van der Waals surface area contributed by atoms with Crippen LogP contribution in [0, 0.1) is 25.7 Å². The number of sulfone groups is 1. The number of nitrogens with two attached hydrogens (primary N) is 1. The van der Waals surface area contributed by atoms with Crippen LogP contribution in [0.1, 0.15) is 37.3 Å². The van der Waals surface area contributed by atoms with Gasteiger partial charge in [0.05, 0.1) is 10.1 Å². The van der Waals surface area contributed by atoms with E-state index < -0.39 is 9.84 Å². The number of aryl methyl sites for hydroxylation is 2. The van der Waals surface area contributed by atoms with E-state index in [9.17, 15) is 8.42 Å². The Bertz CT molecular complexity index is 580. The van der Waals surface area contributed by atoms with E-state index in [4.69, 9.17) is 5.73 Å². The first-order valence-electron chi connectivity index (χ1n) is 7.37. The second kappa shape index (κ2) is 5.86. The van der Waals surface area contributed by atoms with Crippen molar-refractivity contribution in [3.63, 3.8) is 0 Å². The molecule has 1 aliphatic rings. The average Bonchev–Trinajstić information content (AvgIpc) is 2.38. The summed E-state index contributed by atoms with van der Waals surface area (Å²) in [6.07, 6.45) is 2.74. The van der Waals surface area contributed by atoms with Gasteiger partial charge in [-0.15, -0.1) is 0 Å². The summed E-state index contributed by atoms with van der Waals surface area (Å²) in [6, 6.07) is 5.58. The Morgan fingerprint density at radius 1 is 1.25 bits per heavy atom. The van der Waals surface area contributed by atoms with E-state index in [2.05, 4.69) is 6.92 Å². The van der Waals surface area contributed by atoms with Gasteiger partial charge in [0.25, 0.3) is 0 Å². The SMILES string of the molecule is Cc1ccc(S(=O)(=O)C2CC(C)CCC2CN)c(C)c1. The minimum Gasteiger partial charge on any atom is -0.330 e. The minimum atomic E-state index is -3.28. The van der Waals surface area contributed by atoms with E-state index in [0.717, 1.165) is 30.4 Å². The fourth-order valence-electron chi connectivity index (χ4n) is 3.32. The minimum absolute atomic E-state index is 0.0944. The summed E-state index contributed by atoms with van der Waals surface area (Å²) in [5.41, 5.74) is 7.75. The topological polar surface area (TPSA) is 60.2 Å². The summed E-state index contributed by atoms with van der Waals surface area (Å²) in [5, 5.41) is -0.322. The molecule has 3 unspecified atom stereocenters. The van der Waals surface area contributed by atoms with Gasteiger partial charge >= 0.3 is 0 Å². The van der Waals surface area contributed by atoms with Crippen molar-refractivity contribution in [3.05, 3.63) is 29.3 Å². The van der Waals surface area contributed by atoms with Crippen molar-refractivity contribution >= 4 is 9.84 Å². The van der Waals surface area contributed by atoms with Crippen LogP contribution in [-0.4, -0.2) is 20.2 Å². The Hall–Kier alpha value is -0.870. The zero-order chi connectivity index (χ0) is 14.9. The molecule has 3 atom stereocenters. The standard InChI is InChI=1S/C16H25NO2S/c1-11-5-7-15(13(3)8-11)20(18,19)16-9-12(2)4-6-14(16)10-17/h5,7-8,12,14,16H,4,6,9-10,17H2,1-3H3. The summed E-state index contributed by atoms with van der Waals surface area (Å²) in [6.45, 7) is 6.46. The van der Waals surface area contributed by atoms with Crippen LogP contribution in [0.25, 0.3) is 0 Å². The van der Waals surface area contributed by atoms with Crippen LogP contribution in [0.2, 0.25) is 0 Å². The van der Waals surface area contributed by atoms with E-state index in [1.54, 1.807) is 6.07 Å². The monoisotopic (exact) mass is 295 g/mol. The lowest BCUT2D eigenvalue weighted by Gasteiger charge is -2.34. The van der Waals surface area contributed by atoms with Gasteiger partial charge in [0.1, 0.15) is 0 Å². The molecular weight excluding hydrogens is 270 g/mol. The van der Waals surface area contributed by atoms with Crippen LogP contribution < -0.4 is 5.73 Å². The molecule has 112 valence electrons. The lowest BCUT2D eigenvalue weighted by atomic mass is 9.82. The van der Waals surface area contributed by atoms with E-state index in [1.165, 1.54) is 0 Å². The first-order valence-corrected chi connectivity index (χ1v) is 8.92. The van der Waals surface area contributed by atoms with Gasteiger partial charge in [-0.1, -0.05) is 31.0 Å². The Morgan fingerprint density at radius 2 is 1.95 bits per heavy atom. The quantitative estimate of drug-likeness (QED) is 0.932. The molecule has 2 N–H and O–H groups in total. The Labute approximate surface area is 122 Å². The lowest BCUT2D eigenvalue weighted by molar-refractivity contribution is 0.296. The molecule has 1 aromatic carbocycles. The van der Waals surface area contributed by atoms with Gasteiger partial charge in [0, 0.05) is 0 Å². The maximum absolute atomic E-state index is 13.0. The highest BCUT2D eigenvalue weighted by molar-refractivity contribution is 7.92. The largest absolute Gasteiger partial charge is 0.330 e. The summed E-state index contributed by atoms with van der Waals surface area (Å²) in [5.74, 6) is 0.556. The fourth-order valence-corrected chi connectivity index (χ4v) is 5.75. The normalized spacial score (nSPS) is 27.5. The highest BCUT2D eigenvalue weighted by atomic mass is 32.2. The van der Waals surface area contributed by atoms with Gasteiger partial charge in [-0.3, -0.25) is 0 Å². The summed E-state index contributed by atoms with van der Waals surface area (Å²) in [7, 11) is -3.28. The number of hydrogen-bond acceptors (Lipinski definition) is 3. The molecule has 3 nitrogen and oxygen atoms in total. The zero-order valence-corrected chi connectivity index (χ0v) is 13.4. The van der Waals surface area contributed by atoms with Crippen molar-refractivity contribution in [2.75, 3.05) is 6.54 Å². The fraction of sp³-hybridized carbons (Fsp3) is 0.625. The van der Waals surface area contributed by atoms with Crippen molar-refractivity contribution in [1.82, 2.24) is 0 Å². The van der Waals surface area contributed by atoms with E-state index >= 15 is 0 Å². The highest BCUT2D eigenvalue weighted by Crippen LogP contribution is 2.36. The molecule has 0 bridgehead atoms. The third-order valence-electron chi connectivity index (χ3n) is 4.53. The molecule has 0 aromatic heterocycles. The van der Waals surface area contributed by atoms with Crippen LogP contribution in [0.15, 0.2) is 23.1 Å². The Balaban J connectivity index is 2.42. The maximum atomic E-state index is 13.0. The smallest absolute Gasteiger partial charge is 0.181 e. The zero-order valence-electron chi connectivity index (χ0n) is 12.6. The molecular formula is C16H25NO2S. The third kappa shape index (κ3) is 2.91. The van der Waals surface area contributed by atoms with Crippen molar-refractivity contribution in [2.45, 2.75) is 50.2 Å². The van der Waals surface area contributed by atoms with Crippen LogP contribution in [0.5, 0.6) is 0 Å². The molecule has 1 saturated carbocycles. The molecule has 0 aliphatic heterocycles. The predicted molar refractivity (Wildman–Crippen MR) is 82.4 cm³/mol. The lowest BCUT2D eigenvalue weighted by Crippen LogP contribution is -2.39. The highest BCUT2D eigenvalue weighted by Gasteiger charge is 2.38. The van der Waals surface area contributed by atoms with Gasteiger partial charge in [-0.2, -0.15) is 0 Å². The maximum Gasteiger partial charge on any atom is 0.181 e. The van der Waals surface area contributed by atoms with Crippen LogP contribution in [0.3, 0.4) is 0 Å². The third-order valence-corrected chi connectivity index (χ3v) is 6.97. The number of hydrogen-bond donors (Lipinski definition) is 1. The molecule has 0 radical (unpaired) electrons. The second-order valence-electron chi connectivity index (χ2n) is 6.27. The summed E-state index contributed by atoms with van der Waals surface area (Å²) >= 11 is 0. The molecule has 0 saturated heterocycles. The van der Waals surface area contributed by atoms with Gasteiger partial charge in [0.15, 0.2) is 9.84 Å². The average molecular weight is 295 g/mol. The molecule has 4 heteroatoms. The molecule has 1 aliphatic carbocycles. The molecule has 1 fully saturated rings. The van der Waals surface area contributed by atoms with Gasteiger partial charge in [-0.25, -0.2) is 8.42 Å². The molecule has 2 rings (SSSR count). The predicted octanol–water partition coefficient (Wildman–Crippen LogP) is 2.84. The van der Waals surface area contributed by atoms with Crippen molar-refractivity contribution in [2.24, 2.45) is 17.6 Å². The Morgan fingerprint density at radius 3 is 2.55 bits per heavy atom.